The first kappa shape index (κ1) is 14.4. The Balaban J connectivity index is 2.08. The van der Waals surface area contributed by atoms with Crippen LogP contribution in [0.5, 0.6) is 5.75 Å². The Morgan fingerprint density at radius 1 is 1.14 bits per heavy atom. The first-order chi connectivity index (χ1) is 10.3. The Morgan fingerprint density at radius 3 is 2.45 bits per heavy atom. The molecule has 0 unspecified atom stereocenters. The number of furan rings is 1. The zero-order chi connectivity index (χ0) is 15.9. The molecule has 3 aromatic rings. The third-order valence-electron chi connectivity index (χ3n) is 3.06. The summed E-state index contributed by atoms with van der Waals surface area (Å²) in [6.45, 7) is 0. The molecule has 1 heterocycles. The van der Waals surface area contributed by atoms with Crippen molar-refractivity contribution in [3.05, 3.63) is 48.3 Å². The molecule has 0 aliphatic carbocycles. The Kier molecular flexibility index (Phi) is 3.29. The van der Waals surface area contributed by atoms with Gasteiger partial charge >= 0.3 is 0 Å². The van der Waals surface area contributed by atoms with Crippen LogP contribution in [0.1, 0.15) is 0 Å². The van der Waals surface area contributed by atoms with Crippen LogP contribution in [0, 0.1) is 5.82 Å². The van der Waals surface area contributed by atoms with Gasteiger partial charge in [-0.15, -0.1) is 0 Å². The molecule has 0 saturated heterocycles. The summed E-state index contributed by atoms with van der Waals surface area (Å²) in [5.74, 6) is -0.0626. The predicted molar refractivity (Wildman–Crippen MR) is 81.7 cm³/mol. The van der Waals surface area contributed by atoms with Gasteiger partial charge < -0.3 is 9.52 Å². The van der Waals surface area contributed by atoms with E-state index in [1.807, 2.05) is 0 Å². The fraction of sp³-hybridized carbons (Fsp3) is 0.0667. The maximum Gasteiger partial charge on any atom is 0.229 e. The first-order valence-electron chi connectivity index (χ1n) is 6.32. The van der Waals surface area contributed by atoms with Gasteiger partial charge in [0, 0.05) is 17.0 Å². The van der Waals surface area contributed by atoms with E-state index in [-0.39, 0.29) is 17.3 Å². The summed E-state index contributed by atoms with van der Waals surface area (Å²) in [5.41, 5.74) is 1.12. The van der Waals surface area contributed by atoms with Crippen LogP contribution < -0.4 is 4.72 Å². The number of halogens is 1. The number of anilines is 1. The van der Waals surface area contributed by atoms with Crippen LogP contribution >= 0.6 is 0 Å². The summed E-state index contributed by atoms with van der Waals surface area (Å²) < 4.78 is 43.3. The van der Waals surface area contributed by atoms with Crippen molar-refractivity contribution in [1.82, 2.24) is 0 Å². The van der Waals surface area contributed by atoms with Crippen LogP contribution in [0.25, 0.3) is 22.3 Å². The number of hydrogen-bond donors (Lipinski definition) is 2. The molecule has 0 aliphatic rings. The lowest BCUT2D eigenvalue weighted by Crippen LogP contribution is -2.09. The normalized spacial score (nSPS) is 11.7. The van der Waals surface area contributed by atoms with E-state index in [1.165, 1.54) is 24.3 Å². The highest BCUT2D eigenvalue weighted by Gasteiger charge is 2.13. The van der Waals surface area contributed by atoms with Gasteiger partial charge in [-0.1, -0.05) is 0 Å². The Bertz CT molecular complexity index is 946. The van der Waals surface area contributed by atoms with Gasteiger partial charge in [-0.25, -0.2) is 12.8 Å². The second-order valence-corrected chi connectivity index (χ2v) is 6.65. The van der Waals surface area contributed by atoms with E-state index in [9.17, 15) is 17.9 Å². The van der Waals surface area contributed by atoms with Crippen molar-refractivity contribution in [2.75, 3.05) is 11.0 Å². The summed E-state index contributed by atoms with van der Waals surface area (Å²) in [6, 6.07) is 10.3. The number of hydrogen-bond acceptors (Lipinski definition) is 4. The molecule has 0 saturated carbocycles. The smallest absolute Gasteiger partial charge is 0.229 e. The molecule has 7 heteroatoms. The average Bonchev–Trinajstić information content (AvgIpc) is 2.81. The summed E-state index contributed by atoms with van der Waals surface area (Å²) >= 11 is 0. The average molecular weight is 321 g/mol. The molecule has 0 amide bonds. The summed E-state index contributed by atoms with van der Waals surface area (Å²) in [4.78, 5) is 0. The van der Waals surface area contributed by atoms with Gasteiger partial charge in [0.25, 0.3) is 0 Å². The molecular formula is C15H12FNO4S. The zero-order valence-corrected chi connectivity index (χ0v) is 12.3. The summed E-state index contributed by atoms with van der Waals surface area (Å²) in [7, 11) is -3.51. The minimum Gasteiger partial charge on any atom is -0.506 e. The minimum atomic E-state index is -3.51. The third-order valence-corrected chi connectivity index (χ3v) is 3.65. The maximum absolute atomic E-state index is 12.9. The summed E-state index contributed by atoms with van der Waals surface area (Å²) in [5, 5.41) is 10.5. The van der Waals surface area contributed by atoms with E-state index in [0.717, 1.165) is 6.26 Å². The first-order valence-corrected chi connectivity index (χ1v) is 8.21. The molecule has 0 bridgehead atoms. The second kappa shape index (κ2) is 5.03. The largest absolute Gasteiger partial charge is 0.506 e. The third kappa shape index (κ3) is 2.89. The van der Waals surface area contributed by atoms with Crippen LogP contribution in [-0.4, -0.2) is 19.8 Å². The fourth-order valence-corrected chi connectivity index (χ4v) is 2.68. The molecule has 2 aromatic carbocycles. The van der Waals surface area contributed by atoms with Gasteiger partial charge in [-0.3, -0.25) is 4.72 Å². The van der Waals surface area contributed by atoms with Crippen LogP contribution in [0.15, 0.2) is 46.9 Å². The molecule has 3 rings (SSSR count). The number of rotatable bonds is 3. The van der Waals surface area contributed by atoms with Crippen LogP contribution in [0.4, 0.5) is 10.1 Å². The minimum absolute atomic E-state index is 0.0370. The number of sulfonamides is 1. The molecule has 0 atom stereocenters. The van der Waals surface area contributed by atoms with Crippen molar-refractivity contribution in [3.8, 4) is 17.1 Å². The fourth-order valence-electron chi connectivity index (χ4n) is 2.11. The number of benzene rings is 2. The van der Waals surface area contributed by atoms with Crippen molar-refractivity contribution >= 4 is 26.7 Å². The van der Waals surface area contributed by atoms with Gasteiger partial charge in [0.2, 0.25) is 10.0 Å². The Hall–Kier alpha value is -2.54. The van der Waals surface area contributed by atoms with Crippen molar-refractivity contribution in [2.24, 2.45) is 0 Å². The van der Waals surface area contributed by atoms with Crippen LogP contribution in [0.3, 0.4) is 0 Å². The van der Waals surface area contributed by atoms with Gasteiger partial charge in [0.15, 0.2) is 0 Å². The lowest BCUT2D eigenvalue weighted by molar-refractivity contribution is 0.478. The number of aromatic hydroxyl groups is 1. The number of phenols is 1. The molecule has 0 aliphatic heterocycles. The van der Waals surface area contributed by atoms with E-state index in [2.05, 4.69) is 4.72 Å². The Morgan fingerprint density at radius 2 is 1.82 bits per heavy atom. The summed E-state index contributed by atoms with van der Waals surface area (Å²) in [6.07, 6.45) is 0.989. The molecule has 0 spiro atoms. The lowest BCUT2D eigenvalue weighted by atomic mass is 10.1. The molecule has 0 fully saturated rings. The van der Waals surface area contributed by atoms with Gasteiger partial charge in [0.05, 0.1) is 11.9 Å². The van der Waals surface area contributed by atoms with E-state index < -0.39 is 10.0 Å². The van der Waals surface area contributed by atoms with Crippen molar-refractivity contribution < 1.29 is 22.3 Å². The Labute approximate surface area is 126 Å². The molecule has 5 nitrogen and oxygen atoms in total. The topological polar surface area (TPSA) is 79.5 Å². The molecule has 114 valence electrons. The van der Waals surface area contributed by atoms with E-state index in [4.69, 9.17) is 4.42 Å². The molecule has 1 aromatic heterocycles. The van der Waals surface area contributed by atoms with E-state index in [1.54, 1.807) is 18.2 Å². The van der Waals surface area contributed by atoms with Gasteiger partial charge in [0.1, 0.15) is 22.9 Å². The van der Waals surface area contributed by atoms with Gasteiger partial charge in [-0.2, -0.15) is 0 Å². The quantitative estimate of drug-likeness (QED) is 0.725. The molecule has 0 radical (unpaired) electrons. The van der Waals surface area contributed by atoms with E-state index >= 15 is 0 Å². The number of phenolic OH excluding ortho intramolecular Hbond substituents is 1. The van der Waals surface area contributed by atoms with Crippen LogP contribution in [-0.2, 0) is 10.0 Å². The monoisotopic (exact) mass is 321 g/mol. The second-order valence-electron chi connectivity index (χ2n) is 4.90. The highest BCUT2D eigenvalue weighted by atomic mass is 32.2. The van der Waals surface area contributed by atoms with Crippen molar-refractivity contribution in [2.45, 2.75) is 0 Å². The maximum atomic E-state index is 12.9. The standard InChI is InChI=1S/C15H12FNO4S/c1-22(19,20)17-12-8-15-10(6-13(12)18)7-14(21-15)9-2-4-11(16)5-3-9/h2-8,17-18H,1H3. The SMILES string of the molecule is CS(=O)(=O)Nc1cc2oc(-c3ccc(F)cc3)cc2cc1O. The number of nitrogens with one attached hydrogen (secondary N) is 1. The number of fused-ring (bicyclic) bond motifs is 1. The zero-order valence-electron chi connectivity index (χ0n) is 11.5. The van der Waals surface area contributed by atoms with Crippen LogP contribution in [0.2, 0.25) is 0 Å². The molecular weight excluding hydrogens is 309 g/mol. The predicted octanol–water partition coefficient (Wildman–Crippen LogP) is 3.32. The van der Waals surface area contributed by atoms with E-state index in [0.29, 0.717) is 22.3 Å². The van der Waals surface area contributed by atoms with Crippen molar-refractivity contribution in [1.29, 1.82) is 0 Å². The molecule has 22 heavy (non-hydrogen) atoms. The molecule has 2 N–H and O–H groups in total. The van der Waals surface area contributed by atoms with Crippen molar-refractivity contribution in [3.63, 3.8) is 0 Å². The lowest BCUT2D eigenvalue weighted by Gasteiger charge is -2.05. The highest BCUT2D eigenvalue weighted by Crippen LogP contribution is 2.34. The van der Waals surface area contributed by atoms with Gasteiger partial charge in [-0.05, 0) is 36.4 Å². The highest BCUT2D eigenvalue weighted by molar-refractivity contribution is 7.92.